The Morgan fingerprint density at radius 3 is 1.15 bits per heavy atom. The van der Waals surface area contributed by atoms with Gasteiger partial charge in [-0.3, -0.25) is 4.79 Å². The van der Waals surface area contributed by atoms with E-state index >= 15 is 0 Å². The average Bonchev–Trinajstić information content (AvgIpc) is 3.16. The molecule has 0 aromatic carbocycles. The van der Waals surface area contributed by atoms with Crippen LogP contribution in [0.2, 0.25) is 0 Å². The van der Waals surface area contributed by atoms with E-state index in [4.69, 9.17) is 0 Å². The molecule has 0 aliphatic carbocycles. The first-order chi connectivity index (χ1) is 26.1. The van der Waals surface area contributed by atoms with Crippen molar-refractivity contribution in [3.63, 3.8) is 0 Å². The SMILES string of the molecule is CCCCCCCC/C=C/CC/C=C/CC/C=C/C(O)C(CO)NC(=O)C(O)CCCCCCCCC/C=C\CCCCCCCCCCCCCC. The molecular formula is C48H89NO4. The number of carbonyl (C=O) groups excluding carboxylic acids is 1. The molecule has 3 unspecified atom stereocenters. The highest BCUT2D eigenvalue weighted by atomic mass is 16.3. The summed E-state index contributed by atoms with van der Waals surface area (Å²) in [5, 5.41) is 33.1. The van der Waals surface area contributed by atoms with Crippen LogP contribution in [-0.2, 0) is 4.79 Å². The van der Waals surface area contributed by atoms with Crippen molar-refractivity contribution in [2.45, 2.75) is 244 Å². The van der Waals surface area contributed by atoms with Gasteiger partial charge in [0, 0.05) is 0 Å². The van der Waals surface area contributed by atoms with E-state index in [0.29, 0.717) is 6.42 Å². The lowest BCUT2D eigenvalue weighted by atomic mass is 10.0. The molecule has 0 aromatic rings. The van der Waals surface area contributed by atoms with E-state index < -0.39 is 24.2 Å². The lowest BCUT2D eigenvalue weighted by Gasteiger charge is -2.21. The van der Waals surface area contributed by atoms with Gasteiger partial charge in [0.15, 0.2) is 0 Å². The lowest BCUT2D eigenvalue weighted by molar-refractivity contribution is -0.131. The zero-order valence-corrected chi connectivity index (χ0v) is 35.1. The maximum absolute atomic E-state index is 12.5. The number of unbranched alkanes of at least 4 members (excludes halogenated alkanes) is 27. The molecule has 0 bridgehead atoms. The maximum Gasteiger partial charge on any atom is 0.249 e. The molecule has 0 rings (SSSR count). The van der Waals surface area contributed by atoms with Crippen LogP contribution in [0.25, 0.3) is 0 Å². The third-order valence-electron chi connectivity index (χ3n) is 10.4. The molecule has 4 N–H and O–H groups in total. The number of rotatable bonds is 41. The number of amides is 1. The number of aliphatic hydroxyl groups is 3. The van der Waals surface area contributed by atoms with Gasteiger partial charge >= 0.3 is 0 Å². The van der Waals surface area contributed by atoms with Gasteiger partial charge in [0.1, 0.15) is 6.10 Å². The molecule has 0 aliphatic rings. The third-order valence-corrected chi connectivity index (χ3v) is 10.4. The third kappa shape index (κ3) is 38.4. The largest absolute Gasteiger partial charge is 0.394 e. The summed E-state index contributed by atoms with van der Waals surface area (Å²) in [6, 6.07) is -0.823. The number of nitrogens with one attached hydrogen (secondary N) is 1. The van der Waals surface area contributed by atoms with Gasteiger partial charge in [-0.2, -0.15) is 0 Å². The van der Waals surface area contributed by atoms with Crippen LogP contribution in [0.3, 0.4) is 0 Å². The zero-order chi connectivity index (χ0) is 38.7. The van der Waals surface area contributed by atoms with Crippen LogP contribution in [-0.4, -0.2) is 46.1 Å². The van der Waals surface area contributed by atoms with E-state index in [1.54, 1.807) is 6.08 Å². The Labute approximate surface area is 329 Å². The summed E-state index contributed by atoms with van der Waals surface area (Å²) < 4.78 is 0. The molecule has 0 aliphatic heterocycles. The van der Waals surface area contributed by atoms with E-state index in [1.165, 1.54) is 161 Å². The predicted molar refractivity (Wildman–Crippen MR) is 231 cm³/mol. The molecule has 1 amide bonds. The Kier molecular flexibility index (Phi) is 41.7. The van der Waals surface area contributed by atoms with Crippen molar-refractivity contribution in [1.29, 1.82) is 0 Å². The monoisotopic (exact) mass is 744 g/mol. The van der Waals surface area contributed by atoms with Crippen LogP contribution in [0.4, 0.5) is 0 Å². The zero-order valence-electron chi connectivity index (χ0n) is 35.1. The van der Waals surface area contributed by atoms with Gasteiger partial charge in [-0.25, -0.2) is 0 Å². The van der Waals surface area contributed by atoms with E-state index in [-0.39, 0.29) is 6.61 Å². The van der Waals surface area contributed by atoms with Crippen molar-refractivity contribution in [1.82, 2.24) is 5.32 Å². The first-order valence-corrected chi connectivity index (χ1v) is 23.0. The fourth-order valence-electron chi connectivity index (χ4n) is 6.74. The number of hydrogen-bond acceptors (Lipinski definition) is 4. The Hall–Kier alpha value is -1.69. The van der Waals surface area contributed by atoms with Crippen molar-refractivity contribution < 1.29 is 20.1 Å². The molecule has 0 saturated heterocycles. The Bertz CT molecular complexity index is 866. The highest BCUT2D eigenvalue weighted by molar-refractivity contribution is 5.80. The topological polar surface area (TPSA) is 89.8 Å². The van der Waals surface area contributed by atoms with Crippen LogP contribution >= 0.6 is 0 Å². The molecule has 0 heterocycles. The maximum atomic E-state index is 12.5. The van der Waals surface area contributed by atoms with E-state index in [9.17, 15) is 20.1 Å². The summed E-state index contributed by atoms with van der Waals surface area (Å²) in [6.07, 6.45) is 55.8. The van der Waals surface area contributed by atoms with Gasteiger partial charge < -0.3 is 20.6 Å². The summed E-state index contributed by atoms with van der Waals surface area (Å²) in [6.45, 7) is 4.16. The highest BCUT2D eigenvalue weighted by Crippen LogP contribution is 2.14. The van der Waals surface area contributed by atoms with E-state index in [1.807, 2.05) is 6.08 Å². The van der Waals surface area contributed by atoms with Crippen LogP contribution in [0.5, 0.6) is 0 Å². The van der Waals surface area contributed by atoms with Crippen LogP contribution < -0.4 is 5.32 Å². The predicted octanol–water partition coefficient (Wildman–Crippen LogP) is 13.3. The first-order valence-electron chi connectivity index (χ1n) is 23.0. The van der Waals surface area contributed by atoms with Gasteiger partial charge in [-0.15, -0.1) is 0 Å². The van der Waals surface area contributed by atoms with Crippen molar-refractivity contribution in [2.75, 3.05) is 6.61 Å². The Morgan fingerprint density at radius 1 is 0.453 bits per heavy atom. The fraction of sp³-hybridized carbons (Fsp3) is 0.812. The highest BCUT2D eigenvalue weighted by Gasteiger charge is 2.22. The minimum absolute atomic E-state index is 0.383. The molecule has 5 nitrogen and oxygen atoms in total. The van der Waals surface area contributed by atoms with Gasteiger partial charge in [0.25, 0.3) is 0 Å². The summed E-state index contributed by atoms with van der Waals surface area (Å²) in [4.78, 5) is 12.5. The molecular weight excluding hydrogens is 655 g/mol. The number of allylic oxidation sites excluding steroid dienone is 7. The molecule has 3 atom stereocenters. The quantitative estimate of drug-likeness (QED) is 0.0371. The van der Waals surface area contributed by atoms with Crippen molar-refractivity contribution >= 4 is 5.91 Å². The summed E-state index contributed by atoms with van der Waals surface area (Å²) in [5.74, 6) is -0.521. The van der Waals surface area contributed by atoms with Crippen molar-refractivity contribution in [2.24, 2.45) is 0 Å². The number of hydrogen-bond donors (Lipinski definition) is 4. The van der Waals surface area contributed by atoms with E-state index in [0.717, 1.165) is 44.9 Å². The molecule has 0 saturated carbocycles. The summed E-state index contributed by atoms with van der Waals surface area (Å²) in [5.41, 5.74) is 0. The summed E-state index contributed by atoms with van der Waals surface area (Å²) >= 11 is 0. The Balaban J connectivity index is 3.71. The molecule has 0 fully saturated rings. The van der Waals surface area contributed by atoms with Gasteiger partial charge in [0.2, 0.25) is 5.91 Å². The lowest BCUT2D eigenvalue weighted by Crippen LogP contribution is -2.48. The molecule has 310 valence electrons. The first kappa shape index (κ1) is 51.3. The Morgan fingerprint density at radius 2 is 0.774 bits per heavy atom. The van der Waals surface area contributed by atoms with Gasteiger partial charge in [-0.05, 0) is 70.6 Å². The molecule has 0 radical (unpaired) electrons. The number of aliphatic hydroxyl groups excluding tert-OH is 3. The van der Waals surface area contributed by atoms with Crippen molar-refractivity contribution in [3.05, 3.63) is 48.6 Å². The van der Waals surface area contributed by atoms with Crippen LogP contribution in [0.1, 0.15) is 226 Å². The van der Waals surface area contributed by atoms with Gasteiger partial charge in [0.05, 0.1) is 18.8 Å². The van der Waals surface area contributed by atoms with Crippen LogP contribution in [0.15, 0.2) is 48.6 Å². The average molecular weight is 744 g/mol. The second kappa shape index (κ2) is 43.0. The van der Waals surface area contributed by atoms with Gasteiger partial charge in [-0.1, -0.05) is 204 Å². The van der Waals surface area contributed by atoms with Crippen molar-refractivity contribution in [3.8, 4) is 0 Å². The smallest absolute Gasteiger partial charge is 0.249 e. The van der Waals surface area contributed by atoms with E-state index in [2.05, 4.69) is 55.6 Å². The standard InChI is InChI=1S/C48H89NO4/c1-3-5-7-9-11-13-15-17-19-21-22-23-24-25-26-27-29-31-33-35-37-39-41-43-47(52)48(53)49-45(44-50)46(51)42-40-38-36-34-32-30-28-20-18-16-14-12-10-8-6-4-2/h18,20,25-26,32,34,40,42,45-47,50-52H,3-17,19,21-24,27-31,33,35-39,41,43-44H2,1-2H3,(H,49,53)/b20-18+,26-25-,34-32+,42-40+. The minimum atomic E-state index is -1.11. The minimum Gasteiger partial charge on any atom is -0.394 e. The molecule has 53 heavy (non-hydrogen) atoms. The second-order valence-corrected chi connectivity index (χ2v) is 15.6. The number of carbonyl (C=O) groups is 1. The fourth-order valence-corrected chi connectivity index (χ4v) is 6.74. The summed E-state index contributed by atoms with van der Waals surface area (Å²) in [7, 11) is 0. The molecule has 0 spiro atoms. The molecule has 5 heteroatoms. The normalized spacial score (nSPS) is 14.0. The molecule has 0 aromatic heterocycles. The second-order valence-electron chi connectivity index (χ2n) is 15.6. The van der Waals surface area contributed by atoms with Crippen LogP contribution in [0, 0.1) is 0 Å².